The topological polar surface area (TPSA) is 36.9 Å². The molecule has 0 radical (unpaired) electrons. The molecule has 2 rings (SSSR count). The van der Waals surface area contributed by atoms with Gasteiger partial charge in [-0.05, 0) is 24.6 Å². The smallest absolute Gasteiger partial charge is 0.236 e. The molecule has 1 aliphatic rings. The lowest BCUT2D eigenvalue weighted by Crippen LogP contribution is -2.81. The Hall–Kier alpha value is -1.07. The molecule has 1 amide bonds. The first-order valence-corrected chi connectivity index (χ1v) is 7.07. The maximum Gasteiger partial charge on any atom is 0.236 e. The van der Waals surface area contributed by atoms with Crippen molar-refractivity contribution in [1.29, 1.82) is 0 Å². The maximum absolute atomic E-state index is 12.9. The number of carbonyl (C=O) groups excluding carboxylic acids is 1. The summed E-state index contributed by atoms with van der Waals surface area (Å²) in [6.07, 6.45) is 0. The van der Waals surface area contributed by atoms with Gasteiger partial charge in [-0.25, -0.2) is 4.39 Å². The Morgan fingerprint density at radius 1 is 1.39 bits per heavy atom. The molecule has 0 aromatic heterocycles. The van der Waals surface area contributed by atoms with E-state index in [9.17, 15) is 9.18 Å². The lowest BCUT2D eigenvalue weighted by molar-refractivity contribution is -0.626. The van der Waals surface area contributed by atoms with Gasteiger partial charge in [-0.2, -0.15) is 0 Å². The molecular formula is C13H18FN2OS+. The second-order valence-corrected chi connectivity index (χ2v) is 5.84. The number of nitrogens with zero attached hydrogens (tertiary/aromatic N) is 1. The molecule has 0 saturated carbocycles. The number of halogens is 1. The molecule has 0 bridgehead atoms. The highest BCUT2D eigenvalue weighted by molar-refractivity contribution is 8.01. The van der Waals surface area contributed by atoms with Crippen LogP contribution in [0, 0.1) is 5.82 Å². The summed E-state index contributed by atoms with van der Waals surface area (Å²) < 4.78 is 12.9. The van der Waals surface area contributed by atoms with Crippen molar-refractivity contribution < 1.29 is 14.5 Å². The predicted molar refractivity (Wildman–Crippen MR) is 70.6 cm³/mol. The molecule has 1 aromatic rings. The minimum Gasteiger partial charge on any atom is -0.347 e. The number of hydrogen-bond acceptors (Lipinski definition) is 2. The zero-order valence-corrected chi connectivity index (χ0v) is 11.4. The van der Waals surface area contributed by atoms with Crippen molar-refractivity contribution in [3.8, 4) is 0 Å². The monoisotopic (exact) mass is 269 g/mol. The Morgan fingerprint density at radius 2 is 2.06 bits per heavy atom. The number of likely N-dealkylation sites (N-methyl/N-ethyl adjacent to an activating group) is 1. The van der Waals surface area contributed by atoms with Gasteiger partial charge in [0.1, 0.15) is 11.2 Å². The third-order valence-corrected chi connectivity index (χ3v) is 4.46. The van der Waals surface area contributed by atoms with Crippen LogP contribution in [0.2, 0.25) is 0 Å². The summed E-state index contributed by atoms with van der Waals surface area (Å²) in [7, 11) is 1.99. The zero-order valence-electron chi connectivity index (χ0n) is 10.6. The summed E-state index contributed by atoms with van der Waals surface area (Å²) in [5.41, 5.74) is 0.996. The van der Waals surface area contributed by atoms with Crippen molar-refractivity contribution in [3.63, 3.8) is 0 Å². The highest BCUT2D eigenvalue weighted by Crippen LogP contribution is 2.42. The second-order valence-electron chi connectivity index (χ2n) is 4.41. The first-order chi connectivity index (χ1) is 8.63. The fourth-order valence-corrected chi connectivity index (χ4v) is 3.36. The van der Waals surface area contributed by atoms with Gasteiger partial charge in [0.2, 0.25) is 5.91 Å². The van der Waals surface area contributed by atoms with Crippen LogP contribution in [0.4, 0.5) is 4.39 Å². The summed E-state index contributed by atoms with van der Waals surface area (Å²) in [5.74, 6) is -0.0641. The standard InChI is InChI=1S/C13H17FN2OS/c1-9-12(17)16(8-7-15-2)13(18-9)10-3-5-11(14)6-4-10/h3-6,9,13,15H,7-8H2,1-2H3/p+1/t9-,13-/m0/s1. The van der Waals surface area contributed by atoms with Crippen LogP contribution in [-0.2, 0) is 4.79 Å². The highest BCUT2D eigenvalue weighted by Gasteiger charge is 2.38. The lowest BCUT2D eigenvalue weighted by atomic mass is 10.2. The predicted octanol–water partition coefficient (Wildman–Crippen LogP) is 0.981. The largest absolute Gasteiger partial charge is 0.347 e. The summed E-state index contributed by atoms with van der Waals surface area (Å²) in [4.78, 5) is 14.0. The van der Waals surface area contributed by atoms with E-state index < -0.39 is 0 Å². The van der Waals surface area contributed by atoms with Crippen LogP contribution in [0.25, 0.3) is 0 Å². The van der Waals surface area contributed by atoms with Gasteiger partial charge in [0.25, 0.3) is 0 Å². The molecule has 2 atom stereocenters. The van der Waals surface area contributed by atoms with Crippen LogP contribution in [0.1, 0.15) is 17.9 Å². The second kappa shape index (κ2) is 5.71. The minimum absolute atomic E-state index is 0.0168. The lowest BCUT2D eigenvalue weighted by Gasteiger charge is -2.23. The van der Waals surface area contributed by atoms with Crippen LogP contribution in [-0.4, -0.2) is 36.2 Å². The van der Waals surface area contributed by atoms with E-state index in [2.05, 4.69) is 5.32 Å². The fourth-order valence-electron chi connectivity index (χ4n) is 2.06. The Balaban J connectivity index is 2.19. The highest BCUT2D eigenvalue weighted by atomic mass is 32.2. The molecule has 18 heavy (non-hydrogen) atoms. The number of rotatable bonds is 4. The van der Waals surface area contributed by atoms with Crippen molar-refractivity contribution >= 4 is 17.7 Å². The van der Waals surface area contributed by atoms with Gasteiger partial charge in [-0.3, -0.25) is 4.79 Å². The number of nitrogens with two attached hydrogens (primary N) is 1. The van der Waals surface area contributed by atoms with Crippen LogP contribution in [0.15, 0.2) is 24.3 Å². The van der Waals surface area contributed by atoms with Gasteiger partial charge in [-0.15, -0.1) is 11.8 Å². The quantitative estimate of drug-likeness (QED) is 0.885. The molecule has 0 unspecified atom stereocenters. The van der Waals surface area contributed by atoms with E-state index in [4.69, 9.17) is 0 Å². The number of thioether (sulfide) groups is 1. The van der Waals surface area contributed by atoms with E-state index in [1.165, 1.54) is 12.1 Å². The molecule has 1 aromatic carbocycles. The number of amides is 1. The van der Waals surface area contributed by atoms with Gasteiger partial charge in [0.15, 0.2) is 0 Å². The average molecular weight is 269 g/mol. The number of benzene rings is 1. The molecule has 1 aliphatic heterocycles. The van der Waals surface area contributed by atoms with Crippen LogP contribution in [0.3, 0.4) is 0 Å². The van der Waals surface area contributed by atoms with Gasteiger partial charge in [-0.1, -0.05) is 12.1 Å². The molecular weight excluding hydrogens is 251 g/mol. The molecule has 0 aliphatic carbocycles. The molecule has 5 heteroatoms. The number of quaternary nitrogens is 1. The number of hydrogen-bond donors (Lipinski definition) is 1. The van der Waals surface area contributed by atoms with E-state index in [1.54, 1.807) is 23.9 Å². The molecule has 98 valence electrons. The molecule has 2 N–H and O–H groups in total. The van der Waals surface area contributed by atoms with Gasteiger partial charge in [0.05, 0.1) is 25.4 Å². The van der Waals surface area contributed by atoms with Crippen molar-refractivity contribution in [3.05, 3.63) is 35.6 Å². The van der Waals surface area contributed by atoms with E-state index >= 15 is 0 Å². The normalized spacial score (nSPS) is 23.7. The first-order valence-electron chi connectivity index (χ1n) is 6.12. The molecule has 3 nitrogen and oxygen atoms in total. The Morgan fingerprint density at radius 3 is 2.67 bits per heavy atom. The van der Waals surface area contributed by atoms with Crippen molar-refractivity contribution in [2.24, 2.45) is 0 Å². The van der Waals surface area contributed by atoms with Crippen molar-refractivity contribution in [1.82, 2.24) is 4.90 Å². The van der Waals surface area contributed by atoms with Gasteiger partial charge >= 0.3 is 0 Å². The van der Waals surface area contributed by atoms with Gasteiger partial charge < -0.3 is 10.2 Å². The third kappa shape index (κ3) is 2.67. The van der Waals surface area contributed by atoms with E-state index in [1.807, 2.05) is 18.9 Å². The van der Waals surface area contributed by atoms with Gasteiger partial charge in [0, 0.05) is 0 Å². The first kappa shape index (κ1) is 13.4. The molecule has 1 fully saturated rings. The Bertz CT molecular complexity index is 424. The molecule has 1 saturated heterocycles. The van der Waals surface area contributed by atoms with Crippen LogP contribution >= 0.6 is 11.8 Å². The summed E-state index contributed by atoms with van der Waals surface area (Å²) in [6.45, 7) is 3.55. The van der Waals surface area contributed by atoms with Crippen molar-refractivity contribution in [2.45, 2.75) is 17.5 Å². The zero-order chi connectivity index (χ0) is 13.1. The Kier molecular flexibility index (Phi) is 4.24. The average Bonchev–Trinajstić information content (AvgIpc) is 2.64. The molecule has 0 spiro atoms. The minimum atomic E-state index is -0.241. The maximum atomic E-state index is 12.9. The van der Waals surface area contributed by atoms with Crippen LogP contribution < -0.4 is 5.32 Å². The fraction of sp³-hybridized carbons (Fsp3) is 0.462. The van der Waals surface area contributed by atoms with E-state index in [0.717, 1.165) is 18.7 Å². The summed E-state index contributed by atoms with van der Waals surface area (Å²) >= 11 is 1.63. The third-order valence-electron chi connectivity index (χ3n) is 3.06. The van der Waals surface area contributed by atoms with E-state index in [0.29, 0.717) is 0 Å². The SMILES string of the molecule is C[NH2+]CCN1C(=O)[C@H](C)S[C@H]1c1ccc(F)cc1. The summed E-state index contributed by atoms with van der Waals surface area (Å²) in [6, 6.07) is 6.43. The number of carbonyl (C=O) groups is 1. The summed E-state index contributed by atoms with van der Waals surface area (Å²) in [5, 5.41) is 2.06. The van der Waals surface area contributed by atoms with Crippen molar-refractivity contribution in [2.75, 3.05) is 20.1 Å². The molecule has 1 heterocycles. The van der Waals surface area contributed by atoms with E-state index in [-0.39, 0.29) is 22.3 Å². The Labute approximate surface area is 111 Å². The van der Waals surface area contributed by atoms with Crippen LogP contribution in [0.5, 0.6) is 0 Å².